The van der Waals surface area contributed by atoms with E-state index < -0.39 is 5.54 Å². The van der Waals surface area contributed by atoms with Crippen molar-refractivity contribution in [2.45, 2.75) is 32.2 Å². The van der Waals surface area contributed by atoms with Gasteiger partial charge in [0.1, 0.15) is 5.69 Å². The van der Waals surface area contributed by atoms with Gasteiger partial charge in [0.05, 0.1) is 10.0 Å². The van der Waals surface area contributed by atoms with Crippen molar-refractivity contribution in [3.05, 3.63) is 27.1 Å². The molecule has 94 valence electrons. The van der Waals surface area contributed by atoms with Gasteiger partial charge in [-0.1, -0.05) is 13.3 Å². The Hall–Kier alpha value is -1.14. The predicted molar refractivity (Wildman–Crippen MR) is 70.9 cm³/mol. The molecule has 1 heterocycles. The maximum atomic E-state index is 11.9. The molecule has 0 aliphatic heterocycles. The Bertz CT molecular complexity index is 468. The summed E-state index contributed by atoms with van der Waals surface area (Å²) >= 11 is 3.09. The second-order valence-corrected chi connectivity index (χ2v) is 5.02. The summed E-state index contributed by atoms with van der Waals surface area (Å²) in [5.41, 5.74) is 4.82. The minimum absolute atomic E-state index is 0.192. The van der Waals surface area contributed by atoms with E-state index in [-0.39, 0.29) is 17.0 Å². The number of aromatic amines is 1. The molecule has 0 fully saturated rings. The third-order valence-corrected chi connectivity index (χ3v) is 3.02. The molecule has 17 heavy (non-hydrogen) atoms. The number of nitrogens with one attached hydrogen (secondary N) is 2. The number of amides is 1. The first-order chi connectivity index (χ1) is 7.88. The van der Waals surface area contributed by atoms with Crippen LogP contribution in [0.4, 0.5) is 5.69 Å². The average molecular weight is 302 g/mol. The van der Waals surface area contributed by atoms with E-state index in [1.54, 1.807) is 6.92 Å². The highest BCUT2D eigenvalue weighted by molar-refractivity contribution is 9.10. The van der Waals surface area contributed by atoms with Crippen molar-refractivity contribution in [2.75, 3.05) is 5.32 Å². The summed E-state index contributed by atoms with van der Waals surface area (Å²) in [5, 5.41) is 2.54. The van der Waals surface area contributed by atoms with Crippen molar-refractivity contribution in [3.8, 4) is 0 Å². The minimum atomic E-state index is -0.969. The number of H-pyrrole nitrogens is 1. The van der Waals surface area contributed by atoms with Crippen LogP contribution in [0.3, 0.4) is 0 Å². The fraction of sp³-hybridized carbons (Fsp3) is 0.455. The van der Waals surface area contributed by atoms with Gasteiger partial charge in [-0.05, 0) is 29.3 Å². The fourth-order valence-corrected chi connectivity index (χ4v) is 1.79. The number of nitrogens with two attached hydrogens (primary N) is 1. The van der Waals surface area contributed by atoms with Crippen LogP contribution in [0.25, 0.3) is 0 Å². The summed E-state index contributed by atoms with van der Waals surface area (Å²) in [5.74, 6) is -0.358. The van der Waals surface area contributed by atoms with E-state index in [9.17, 15) is 9.59 Å². The Morgan fingerprint density at radius 2 is 2.24 bits per heavy atom. The fourth-order valence-electron chi connectivity index (χ4n) is 1.45. The van der Waals surface area contributed by atoms with Crippen LogP contribution in [0.1, 0.15) is 26.7 Å². The number of rotatable bonds is 4. The maximum absolute atomic E-state index is 11.9. The van der Waals surface area contributed by atoms with E-state index in [1.165, 1.54) is 12.4 Å². The van der Waals surface area contributed by atoms with Gasteiger partial charge in [-0.25, -0.2) is 0 Å². The Morgan fingerprint density at radius 3 is 2.82 bits per heavy atom. The van der Waals surface area contributed by atoms with Gasteiger partial charge < -0.3 is 16.0 Å². The molecule has 6 heteroatoms. The highest BCUT2D eigenvalue weighted by atomic mass is 79.9. The quantitative estimate of drug-likeness (QED) is 0.789. The summed E-state index contributed by atoms with van der Waals surface area (Å²) in [4.78, 5) is 26.3. The molecule has 0 saturated carbocycles. The highest BCUT2D eigenvalue weighted by Crippen LogP contribution is 2.12. The van der Waals surface area contributed by atoms with Gasteiger partial charge in [-0.2, -0.15) is 0 Å². The molecule has 1 rings (SSSR count). The monoisotopic (exact) mass is 301 g/mol. The highest BCUT2D eigenvalue weighted by Gasteiger charge is 2.27. The van der Waals surface area contributed by atoms with Crippen molar-refractivity contribution in [3.63, 3.8) is 0 Å². The van der Waals surface area contributed by atoms with Crippen LogP contribution in [0.15, 0.2) is 21.7 Å². The summed E-state index contributed by atoms with van der Waals surface area (Å²) in [6.45, 7) is 3.60. The van der Waals surface area contributed by atoms with Crippen LogP contribution in [-0.2, 0) is 4.79 Å². The van der Waals surface area contributed by atoms with Gasteiger partial charge >= 0.3 is 0 Å². The van der Waals surface area contributed by atoms with E-state index in [1.807, 2.05) is 6.92 Å². The molecule has 1 aromatic rings. The summed E-state index contributed by atoms with van der Waals surface area (Å²) < 4.78 is 0.365. The molecule has 0 aliphatic carbocycles. The van der Waals surface area contributed by atoms with Crippen LogP contribution in [0.5, 0.6) is 0 Å². The smallest absolute Gasteiger partial charge is 0.244 e. The standard InChI is InChI=1S/C11H16BrN3O2/c1-3-4-11(2,13)10(17)15-8-6-14-5-7(12)9(8)16/h5-6H,3-4,13H2,1-2H3,(H,14,16)(H,15,17). The van der Waals surface area contributed by atoms with Gasteiger partial charge in [0.15, 0.2) is 0 Å². The van der Waals surface area contributed by atoms with E-state index in [0.717, 1.165) is 6.42 Å². The Kier molecular flexibility index (Phi) is 4.47. The lowest BCUT2D eigenvalue weighted by molar-refractivity contribution is -0.120. The molecule has 1 amide bonds. The molecule has 5 nitrogen and oxygen atoms in total. The van der Waals surface area contributed by atoms with E-state index in [4.69, 9.17) is 5.73 Å². The number of aromatic nitrogens is 1. The zero-order chi connectivity index (χ0) is 13.1. The third kappa shape index (κ3) is 3.41. The van der Waals surface area contributed by atoms with Gasteiger partial charge in [-0.3, -0.25) is 9.59 Å². The first-order valence-corrected chi connectivity index (χ1v) is 6.14. The van der Waals surface area contributed by atoms with Crippen LogP contribution in [0.2, 0.25) is 0 Å². The number of hydrogen-bond acceptors (Lipinski definition) is 3. The summed E-state index contributed by atoms with van der Waals surface area (Å²) in [6.07, 6.45) is 4.30. The zero-order valence-corrected chi connectivity index (χ0v) is 11.4. The van der Waals surface area contributed by atoms with Crippen LogP contribution in [0, 0.1) is 0 Å². The Labute approximate surface area is 108 Å². The van der Waals surface area contributed by atoms with E-state index in [2.05, 4.69) is 26.2 Å². The van der Waals surface area contributed by atoms with Gasteiger partial charge in [0, 0.05) is 12.4 Å². The van der Waals surface area contributed by atoms with E-state index >= 15 is 0 Å². The second kappa shape index (κ2) is 5.46. The molecule has 1 unspecified atom stereocenters. The van der Waals surface area contributed by atoms with Crippen LogP contribution < -0.4 is 16.5 Å². The van der Waals surface area contributed by atoms with Gasteiger partial charge in [0.25, 0.3) is 0 Å². The normalized spacial score (nSPS) is 14.1. The second-order valence-electron chi connectivity index (χ2n) is 4.17. The Morgan fingerprint density at radius 1 is 1.59 bits per heavy atom. The first-order valence-electron chi connectivity index (χ1n) is 5.35. The number of carbonyl (C=O) groups is 1. The topological polar surface area (TPSA) is 88.0 Å². The maximum Gasteiger partial charge on any atom is 0.244 e. The van der Waals surface area contributed by atoms with E-state index in [0.29, 0.717) is 10.9 Å². The number of pyridine rings is 1. The molecule has 0 saturated heterocycles. The summed E-state index contributed by atoms with van der Waals surface area (Å²) in [7, 11) is 0. The molecular formula is C11H16BrN3O2. The molecule has 0 bridgehead atoms. The van der Waals surface area contributed by atoms with Gasteiger partial charge in [-0.15, -0.1) is 0 Å². The molecule has 0 radical (unpaired) electrons. The molecule has 0 aromatic carbocycles. The molecule has 4 N–H and O–H groups in total. The molecule has 0 spiro atoms. The first kappa shape index (κ1) is 13.9. The van der Waals surface area contributed by atoms with Crippen molar-refractivity contribution in [1.82, 2.24) is 4.98 Å². The van der Waals surface area contributed by atoms with Crippen LogP contribution in [-0.4, -0.2) is 16.4 Å². The number of hydrogen-bond donors (Lipinski definition) is 3. The largest absolute Gasteiger partial charge is 0.365 e. The van der Waals surface area contributed by atoms with Crippen molar-refractivity contribution in [1.29, 1.82) is 0 Å². The molecule has 1 aromatic heterocycles. The SMILES string of the molecule is CCCC(C)(N)C(=O)Nc1c[nH]cc(Br)c1=O. The lowest BCUT2D eigenvalue weighted by Gasteiger charge is -2.22. The lowest BCUT2D eigenvalue weighted by Crippen LogP contribution is -2.48. The van der Waals surface area contributed by atoms with Crippen molar-refractivity contribution < 1.29 is 4.79 Å². The average Bonchev–Trinajstić information content (AvgIpc) is 2.24. The number of halogens is 1. The minimum Gasteiger partial charge on any atom is -0.365 e. The molecule has 1 atom stereocenters. The zero-order valence-electron chi connectivity index (χ0n) is 9.84. The Balaban J connectivity index is 2.89. The van der Waals surface area contributed by atoms with Crippen molar-refractivity contribution in [2.24, 2.45) is 5.73 Å². The lowest BCUT2D eigenvalue weighted by atomic mass is 9.96. The number of anilines is 1. The van der Waals surface area contributed by atoms with Crippen molar-refractivity contribution >= 4 is 27.5 Å². The van der Waals surface area contributed by atoms with Crippen LogP contribution >= 0.6 is 15.9 Å². The van der Waals surface area contributed by atoms with Gasteiger partial charge in [0.2, 0.25) is 11.3 Å². The summed E-state index contributed by atoms with van der Waals surface area (Å²) in [6, 6.07) is 0. The number of carbonyl (C=O) groups excluding carboxylic acids is 1. The molecule has 0 aliphatic rings. The third-order valence-electron chi connectivity index (χ3n) is 2.44. The molecular weight excluding hydrogens is 286 g/mol. The predicted octanol–water partition coefficient (Wildman–Crippen LogP) is 1.59.